The Labute approximate surface area is 127 Å². The molecule has 2 heteroatoms. The van der Waals surface area contributed by atoms with Crippen molar-refractivity contribution < 1.29 is 5.11 Å². The van der Waals surface area contributed by atoms with Gasteiger partial charge in [0.25, 0.3) is 0 Å². The maximum absolute atomic E-state index is 9.81. The highest BCUT2D eigenvalue weighted by Gasteiger charge is 2.02. The van der Waals surface area contributed by atoms with Crippen LogP contribution in [0.5, 0.6) is 0 Å². The second-order valence-corrected chi connectivity index (χ2v) is 6.18. The predicted octanol–water partition coefficient (Wildman–Crippen LogP) is 5.05. The number of hydrogen-bond donors (Lipinski definition) is 2. The molecule has 0 radical (unpaired) electrons. The molecule has 122 valence electrons. The zero-order valence-electron chi connectivity index (χ0n) is 14.1. The Morgan fingerprint density at radius 2 is 1.20 bits per heavy atom. The molecule has 0 heterocycles. The number of nitrogens with one attached hydrogen (secondary N) is 1. The lowest BCUT2D eigenvalue weighted by molar-refractivity contribution is 0.158. The van der Waals surface area contributed by atoms with Crippen molar-refractivity contribution in [3.05, 3.63) is 0 Å². The summed E-state index contributed by atoms with van der Waals surface area (Å²) in [6.07, 6.45) is 16.8. The minimum atomic E-state index is -0.138. The van der Waals surface area contributed by atoms with Gasteiger partial charge in [-0.25, -0.2) is 0 Å². The second kappa shape index (κ2) is 17.0. The van der Waals surface area contributed by atoms with Gasteiger partial charge in [-0.15, -0.1) is 0 Å². The summed E-state index contributed by atoms with van der Waals surface area (Å²) in [6.45, 7) is 6.34. The van der Waals surface area contributed by atoms with Gasteiger partial charge in [0.1, 0.15) is 0 Å². The lowest BCUT2D eigenvalue weighted by Crippen LogP contribution is -2.27. The standard InChI is InChI=1S/C18H39NO/c1-3-5-7-9-10-11-12-14-16-19-17-18(20)15-13-8-6-4-2/h18-20H,3-17H2,1-2H3. The van der Waals surface area contributed by atoms with Crippen molar-refractivity contribution in [2.75, 3.05) is 13.1 Å². The highest BCUT2D eigenvalue weighted by molar-refractivity contribution is 4.60. The van der Waals surface area contributed by atoms with Crippen molar-refractivity contribution in [3.63, 3.8) is 0 Å². The van der Waals surface area contributed by atoms with Crippen molar-refractivity contribution in [1.29, 1.82) is 0 Å². The van der Waals surface area contributed by atoms with Crippen LogP contribution in [0.4, 0.5) is 0 Å². The summed E-state index contributed by atoms with van der Waals surface area (Å²) in [5, 5.41) is 13.2. The smallest absolute Gasteiger partial charge is 0.0664 e. The quantitative estimate of drug-likeness (QED) is 0.389. The largest absolute Gasteiger partial charge is 0.392 e. The van der Waals surface area contributed by atoms with Crippen molar-refractivity contribution >= 4 is 0 Å². The molecule has 0 bridgehead atoms. The van der Waals surface area contributed by atoms with Crippen LogP contribution in [0.25, 0.3) is 0 Å². The fraction of sp³-hybridized carbons (Fsp3) is 1.00. The lowest BCUT2D eigenvalue weighted by Gasteiger charge is -2.11. The van der Waals surface area contributed by atoms with Crippen molar-refractivity contribution in [3.8, 4) is 0 Å². The first-order valence-corrected chi connectivity index (χ1v) is 9.20. The Balaban J connectivity index is 3.07. The zero-order chi connectivity index (χ0) is 14.9. The van der Waals surface area contributed by atoms with Gasteiger partial charge in [0.05, 0.1) is 6.10 Å². The molecule has 0 spiro atoms. The maximum atomic E-state index is 9.81. The number of aliphatic hydroxyl groups is 1. The fourth-order valence-corrected chi connectivity index (χ4v) is 2.56. The van der Waals surface area contributed by atoms with E-state index in [1.807, 2.05) is 0 Å². The summed E-state index contributed by atoms with van der Waals surface area (Å²) >= 11 is 0. The van der Waals surface area contributed by atoms with Crippen molar-refractivity contribution in [2.24, 2.45) is 0 Å². The van der Waals surface area contributed by atoms with Gasteiger partial charge in [-0.1, -0.05) is 84.5 Å². The molecule has 20 heavy (non-hydrogen) atoms. The molecule has 0 rings (SSSR count). The van der Waals surface area contributed by atoms with Gasteiger partial charge in [-0.2, -0.15) is 0 Å². The van der Waals surface area contributed by atoms with Crippen LogP contribution < -0.4 is 5.32 Å². The Hall–Kier alpha value is -0.0800. The summed E-state index contributed by atoms with van der Waals surface area (Å²) in [7, 11) is 0. The molecule has 0 aliphatic rings. The van der Waals surface area contributed by atoms with Crippen molar-refractivity contribution in [1.82, 2.24) is 5.32 Å². The summed E-state index contributed by atoms with van der Waals surface area (Å²) < 4.78 is 0. The van der Waals surface area contributed by atoms with Gasteiger partial charge in [0.2, 0.25) is 0 Å². The summed E-state index contributed by atoms with van der Waals surface area (Å²) in [5.41, 5.74) is 0. The summed E-state index contributed by atoms with van der Waals surface area (Å²) in [6, 6.07) is 0. The topological polar surface area (TPSA) is 32.3 Å². The second-order valence-electron chi connectivity index (χ2n) is 6.18. The van der Waals surface area contributed by atoms with E-state index in [-0.39, 0.29) is 6.10 Å². The molecule has 2 nitrogen and oxygen atoms in total. The molecule has 0 aliphatic carbocycles. The number of rotatable bonds is 16. The van der Waals surface area contributed by atoms with Crippen LogP contribution in [0, 0.1) is 0 Å². The first-order valence-electron chi connectivity index (χ1n) is 9.20. The third-order valence-corrected chi connectivity index (χ3v) is 3.98. The fourth-order valence-electron chi connectivity index (χ4n) is 2.56. The number of unbranched alkanes of at least 4 members (excludes halogenated alkanes) is 10. The Kier molecular flexibility index (Phi) is 16.9. The van der Waals surface area contributed by atoms with E-state index in [2.05, 4.69) is 19.2 Å². The molecular weight excluding hydrogens is 246 g/mol. The Morgan fingerprint density at radius 3 is 1.80 bits per heavy atom. The van der Waals surface area contributed by atoms with Crippen LogP contribution in [0.2, 0.25) is 0 Å². The van der Waals surface area contributed by atoms with E-state index in [1.165, 1.54) is 77.0 Å². The Morgan fingerprint density at radius 1 is 0.700 bits per heavy atom. The van der Waals surface area contributed by atoms with Crippen molar-refractivity contribution in [2.45, 2.75) is 103 Å². The number of hydrogen-bond acceptors (Lipinski definition) is 2. The first-order chi connectivity index (χ1) is 9.81. The molecule has 0 aromatic rings. The third kappa shape index (κ3) is 16.0. The molecule has 0 saturated carbocycles. The monoisotopic (exact) mass is 285 g/mol. The maximum Gasteiger partial charge on any atom is 0.0664 e. The molecule has 0 aromatic heterocycles. The highest BCUT2D eigenvalue weighted by Crippen LogP contribution is 2.08. The molecule has 0 fully saturated rings. The summed E-state index contributed by atoms with van der Waals surface area (Å²) in [5.74, 6) is 0. The molecule has 0 aliphatic heterocycles. The van der Waals surface area contributed by atoms with E-state index in [9.17, 15) is 5.11 Å². The van der Waals surface area contributed by atoms with Gasteiger partial charge < -0.3 is 10.4 Å². The van der Waals surface area contributed by atoms with E-state index in [0.29, 0.717) is 0 Å². The first kappa shape index (κ1) is 19.9. The van der Waals surface area contributed by atoms with E-state index >= 15 is 0 Å². The Bertz CT molecular complexity index is 173. The molecule has 0 amide bonds. The van der Waals surface area contributed by atoms with E-state index in [1.54, 1.807) is 0 Å². The molecule has 0 saturated heterocycles. The minimum absolute atomic E-state index is 0.138. The van der Waals surface area contributed by atoms with Gasteiger partial charge in [-0.3, -0.25) is 0 Å². The van der Waals surface area contributed by atoms with Crippen LogP contribution >= 0.6 is 0 Å². The zero-order valence-corrected chi connectivity index (χ0v) is 14.1. The average molecular weight is 286 g/mol. The van der Waals surface area contributed by atoms with Crippen LogP contribution in [-0.4, -0.2) is 24.3 Å². The third-order valence-electron chi connectivity index (χ3n) is 3.98. The molecule has 0 aromatic carbocycles. The van der Waals surface area contributed by atoms with Gasteiger partial charge in [-0.05, 0) is 19.4 Å². The molecule has 2 N–H and O–H groups in total. The normalized spacial score (nSPS) is 12.8. The van der Waals surface area contributed by atoms with E-state index in [0.717, 1.165) is 19.5 Å². The average Bonchev–Trinajstić information content (AvgIpc) is 2.45. The molecule has 1 atom stereocenters. The van der Waals surface area contributed by atoms with Crippen LogP contribution in [0.15, 0.2) is 0 Å². The van der Waals surface area contributed by atoms with Gasteiger partial charge in [0.15, 0.2) is 0 Å². The van der Waals surface area contributed by atoms with Crippen LogP contribution in [-0.2, 0) is 0 Å². The SMILES string of the molecule is CCCCCCCCCCNCC(O)CCCCCC. The van der Waals surface area contributed by atoms with Gasteiger partial charge >= 0.3 is 0 Å². The van der Waals surface area contributed by atoms with Crippen LogP contribution in [0.1, 0.15) is 97.3 Å². The highest BCUT2D eigenvalue weighted by atomic mass is 16.3. The summed E-state index contributed by atoms with van der Waals surface area (Å²) in [4.78, 5) is 0. The lowest BCUT2D eigenvalue weighted by atomic mass is 10.1. The minimum Gasteiger partial charge on any atom is -0.392 e. The van der Waals surface area contributed by atoms with Crippen LogP contribution in [0.3, 0.4) is 0 Å². The van der Waals surface area contributed by atoms with E-state index < -0.39 is 0 Å². The number of aliphatic hydroxyl groups excluding tert-OH is 1. The molecule has 1 unspecified atom stereocenters. The predicted molar refractivity (Wildman–Crippen MR) is 90.2 cm³/mol. The van der Waals surface area contributed by atoms with Gasteiger partial charge in [0, 0.05) is 6.54 Å². The van der Waals surface area contributed by atoms with E-state index in [4.69, 9.17) is 0 Å². The molecular formula is C18H39NO.